The van der Waals surface area contributed by atoms with Gasteiger partial charge in [0.05, 0.1) is 23.8 Å². The van der Waals surface area contributed by atoms with Gasteiger partial charge in [-0.3, -0.25) is 14.4 Å². The summed E-state index contributed by atoms with van der Waals surface area (Å²) in [7, 11) is 3.85. The number of anilines is 1. The molecular weight excluding hydrogens is 412 g/mol. The van der Waals surface area contributed by atoms with Crippen molar-refractivity contribution >= 4 is 24.1 Å². The number of hydrogen-bond acceptors (Lipinski definition) is 6. The molecule has 32 heavy (non-hydrogen) atoms. The van der Waals surface area contributed by atoms with Gasteiger partial charge in [-0.2, -0.15) is 0 Å². The maximum absolute atomic E-state index is 12.6. The smallest absolute Gasteiger partial charge is 0.290 e. The van der Waals surface area contributed by atoms with E-state index in [9.17, 15) is 9.59 Å². The normalized spacial score (nSPS) is 29.7. The molecule has 4 heterocycles. The first-order valence-corrected chi connectivity index (χ1v) is 11.3. The number of carbonyl (C=O) groups is 3. The van der Waals surface area contributed by atoms with Crippen molar-refractivity contribution < 1.29 is 24.2 Å². The quantitative estimate of drug-likeness (QED) is 0.638. The largest absolute Gasteiger partial charge is 0.483 e. The summed E-state index contributed by atoms with van der Waals surface area (Å²) in [5.74, 6) is 2.24. The Morgan fingerprint density at radius 2 is 2.09 bits per heavy atom. The van der Waals surface area contributed by atoms with Gasteiger partial charge in [0.2, 0.25) is 5.91 Å². The molecule has 9 heteroatoms. The number of hydrogen-bond donors (Lipinski definition) is 2. The maximum atomic E-state index is 12.6. The van der Waals surface area contributed by atoms with Gasteiger partial charge in [0, 0.05) is 51.6 Å². The number of carbonyl (C=O) groups excluding carboxylic acids is 2. The van der Waals surface area contributed by atoms with Crippen LogP contribution in [-0.4, -0.2) is 78.7 Å². The van der Waals surface area contributed by atoms with Crippen molar-refractivity contribution in [1.82, 2.24) is 15.2 Å². The first kappa shape index (κ1) is 22.5. The Morgan fingerprint density at radius 1 is 1.34 bits per heavy atom. The number of carboxylic acid groups (broad SMARTS) is 1. The summed E-state index contributed by atoms with van der Waals surface area (Å²) < 4.78 is 6.41. The lowest BCUT2D eigenvalue weighted by atomic mass is 9.73. The summed E-state index contributed by atoms with van der Waals surface area (Å²) in [5, 5.41) is 9.98. The van der Waals surface area contributed by atoms with E-state index in [1.54, 1.807) is 6.20 Å². The van der Waals surface area contributed by atoms with E-state index in [0.717, 1.165) is 31.7 Å². The van der Waals surface area contributed by atoms with Crippen molar-refractivity contribution in [2.24, 2.45) is 17.8 Å². The molecule has 1 saturated carbocycles. The molecular formula is C23H32N4O5. The predicted molar refractivity (Wildman–Crippen MR) is 117 cm³/mol. The molecule has 2 N–H and O–H groups in total. The van der Waals surface area contributed by atoms with Gasteiger partial charge in [-0.25, -0.2) is 4.98 Å². The Kier molecular flexibility index (Phi) is 6.37. The lowest BCUT2D eigenvalue weighted by Crippen LogP contribution is -2.41. The van der Waals surface area contributed by atoms with Crippen LogP contribution in [0.5, 0.6) is 0 Å². The molecule has 0 unspecified atom stereocenters. The van der Waals surface area contributed by atoms with Gasteiger partial charge in [0.1, 0.15) is 5.82 Å². The fourth-order valence-corrected chi connectivity index (χ4v) is 5.45. The van der Waals surface area contributed by atoms with E-state index >= 15 is 0 Å². The molecule has 2 bridgehead atoms. The van der Waals surface area contributed by atoms with Gasteiger partial charge in [-0.1, -0.05) is 0 Å². The van der Waals surface area contributed by atoms with Crippen LogP contribution in [0.3, 0.4) is 0 Å². The molecule has 9 nitrogen and oxygen atoms in total. The van der Waals surface area contributed by atoms with Gasteiger partial charge >= 0.3 is 0 Å². The average molecular weight is 445 g/mol. The van der Waals surface area contributed by atoms with E-state index in [2.05, 4.69) is 10.3 Å². The van der Waals surface area contributed by atoms with Gasteiger partial charge in [-0.05, 0) is 43.7 Å². The Hall–Kier alpha value is -2.68. The number of nitrogens with one attached hydrogen (secondary N) is 1. The fourth-order valence-electron chi connectivity index (χ4n) is 5.45. The second-order valence-electron chi connectivity index (χ2n) is 9.57. The Bertz CT molecular complexity index is 856. The zero-order chi connectivity index (χ0) is 22.9. The highest BCUT2D eigenvalue weighted by Crippen LogP contribution is 2.54. The van der Waals surface area contributed by atoms with Crippen LogP contribution in [0.4, 0.5) is 5.82 Å². The van der Waals surface area contributed by atoms with Crippen molar-refractivity contribution in [2.45, 2.75) is 43.8 Å². The molecule has 4 fully saturated rings. The molecule has 3 saturated heterocycles. The molecule has 0 aromatic carbocycles. The number of nitrogens with zero attached hydrogens (tertiary/aromatic N) is 3. The van der Waals surface area contributed by atoms with Crippen LogP contribution >= 0.6 is 0 Å². The van der Waals surface area contributed by atoms with Gasteiger partial charge < -0.3 is 25.0 Å². The summed E-state index contributed by atoms with van der Waals surface area (Å²) in [6.45, 7) is 1.86. The Labute approximate surface area is 188 Å². The highest BCUT2D eigenvalue weighted by Gasteiger charge is 2.63. The van der Waals surface area contributed by atoms with Gasteiger partial charge in [0.15, 0.2) is 0 Å². The first-order valence-electron chi connectivity index (χ1n) is 11.3. The van der Waals surface area contributed by atoms with E-state index in [1.807, 2.05) is 36.0 Å². The van der Waals surface area contributed by atoms with Crippen LogP contribution in [0.15, 0.2) is 18.3 Å². The highest BCUT2D eigenvalue weighted by molar-refractivity contribution is 5.94. The zero-order valence-electron chi connectivity index (χ0n) is 18.7. The minimum absolute atomic E-state index is 0.0979. The number of pyridine rings is 1. The van der Waals surface area contributed by atoms with E-state index in [0.29, 0.717) is 30.4 Å². The molecule has 5 rings (SSSR count). The lowest BCUT2D eigenvalue weighted by molar-refractivity contribution is -0.132. The number of likely N-dealkylation sites (tertiary alicyclic amines) is 1. The molecule has 1 spiro atoms. The minimum Gasteiger partial charge on any atom is -0.483 e. The second-order valence-corrected chi connectivity index (χ2v) is 9.57. The molecule has 4 aliphatic rings. The predicted octanol–water partition coefficient (Wildman–Crippen LogP) is 1.38. The SMILES string of the molecule is CN(C)c1ccc(C(=O)NC[C@H]2[C@H]3CN(C(=O)CC4CC4)C[C@]34CC[C@H]2O4)cn1.O=CO. The summed E-state index contributed by atoms with van der Waals surface area (Å²) in [4.78, 5) is 41.9. The molecule has 4 atom stereocenters. The van der Waals surface area contributed by atoms with Crippen molar-refractivity contribution in [3.8, 4) is 0 Å². The lowest BCUT2D eigenvalue weighted by Gasteiger charge is -2.29. The van der Waals surface area contributed by atoms with Crippen LogP contribution < -0.4 is 10.2 Å². The van der Waals surface area contributed by atoms with E-state index in [1.165, 1.54) is 12.8 Å². The first-order chi connectivity index (χ1) is 15.4. The third-order valence-corrected chi connectivity index (χ3v) is 7.26. The van der Waals surface area contributed by atoms with Crippen LogP contribution in [0, 0.1) is 17.8 Å². The molecule has 1 aromatic rings. The van der Waals surface area contributed by atoms with Crippen LogP contribution in [0.2, 0.25) is 0 Å². The van der Waals surface area contributed by atoms with Crippen molar-refractivity contribution in [2.75, 3.05) is 38.6 Å². The number of fused-ring (bicyclic) bond motifs is 1. The van der Waals surface area contributed by atoms with Crippen molar-refractivity contribution in [3.05, 3.63) is 23.9 Å². The number of rotatable bonds is 6. The topological polar surface area (TPSA) is 112 Å². The summed E-state index contributed by atoms with van der Waals surface area (Å²) >= 11 is 0. The summed E-state index contributed by atoms with van der Waals surface area (Å²) in [6.07, 6.45) is 6.99. The minimum atomic E-state index is -0.250. The molecule has 0 radical (unpaired) electrons. The van der Waals surface area contributed by atoms with E-state index in [-0.39, 0.29) is 35.9 Å². The van der Waals surface area contributed by atoms with E-state index < -0.39 is 0 Å². The monoisotopic (exact) mass is 444 g/mol. The summed E-state index contributed by atoms with van der Waals surface area (Å²) in [6, 6.07) is 3.66. The zero-order valence-corrected chi connectivity index (χ0v) is 18.7. The molecule has 174 valence electrons. The molecule has 1 aliphatic carbocycles. The third kappa shape index (κ3) is 4.44. The number of ether oxygens (including phenoxy) is 1. The molecule has 2 amide bonds. The average Bonchev–Trinajstić information content (AvgIpc) is 3.26. The van der Waals surface area contributed by atoms with Crippen molar-refractivity contribution in [1.29, 1.82) is 0 Å². The van der Waals surface area contributed by atoms with Crippen LogP contribution in [0.25, 0.3) is 0 Å². The second kappa shape index (κ2) is 9.05. The van der Waals surface area contributed by atoms with Crippen molar-refractivity contribution in [3.63, 3.8) is 0 Å². The van der Waals surface area contributed by atoms with E-state index in [4.69, 9.17) is 14.6 Å². The fraction of sp³-hybridized carbons (Fsp3) is 0.652. The van der Waals surface area contributed by atoms with Gasteiger partial charge in [-0.15, -0.1) is 0 Å². The van der Waals surface area contributed by atoms with Crippen LogP contribution in [0.1, 0.15) is 42.5 Å². The van der Waals surface area contributed by atoms with Gasteiger partial charge in [0.25, 0.3) is 12.4 Å². The summed E-state index contributed by atoms with van der Waals surface area (Å²) in [5.41, 5.74) is 0.399. The standard InChI is InChI=1S/C22H30N4O3.CH2O2/c1-25(2)19-6-5-15(10-23-19)21(28)24-11-16-17-12-26(20(27)9-14-3-4-14)13-22(17)8-7-18(16)29-22;2-1-3/h5-6,10,14,16-18H,3-4,7-9,11-13H2,1-2H3,(H,24,28);1H,(H,2,3)/t16-,17+,18+,22+;/m0./s1. The number of amides is 2. The Balaban J connectivity index is 0.000000775. The molecule has 3 aliphatic heterocycles. The van der Waals surface area contributed by atoms with Crippen LogP contribution in [-0.2, 0) is 14.3 Å². The third-order valence-electron chi connectivity index (χ3n) is 7.26. The Morgan fingerprint density at radius 3 is 2.72 bits per heavy atom. The number of aromatic nitrogens is 1. The molecule has 1 aromatic heterocycles. The maximum Gasteiger partial charge on any atom is 0.290 e. The highest BCUT2D eigenvalue weighted by atomic mass is 16.5.